The van der Waals surface area contributed by atoms with E-state index in [-0.39, 0.29) is 11.9 Å². The minimum atomic E-state index is -0.0932. The monoisotopic (exact) mass is 408 g/mol. The van der Waals surface area contributed by atoms with Gasteiger partial charge in [-0.25, -0.2) is 14.6 Å². The lowest BCUT2D eigenvalue weighted by Gasteiger charge is -2.10. The number of fused-ring (bicyclic) bond motifs is 3. The van der Waals surface area contributed by atoms with Gasteiger partial charge in [-0.1, -0.05) is 6.07 Å². The van der Waals surface area contributed by atoms with E-state index < -0.39 is 0 Å². The van der Waals surface area contributed by atoms with Crippen LogP contribution < -0.4 is 10.1 Å². The molecule has 0 saturated heterocycles. The van der Waals surface area contributed by atoms with Gasteiger partial charge in [0.2, 0.25) is 0 Å². The van der Waals surface area contributed by atoms with Crippen LogP contribution in [-0.2, 0) is 17.8 Å². The summed E-state index contributed by atoms with van der Waals surface area (Å²) in [7, 11) is 3.42. The van der Waals surface area contributed by atoms with Gasteiger partial charge in [-0.15, -0.1) is 0 Å². The number of nitrogens with one attached hydrogen (secondary N) is 1. The first-order valence-corrected chi connectivity index (χ1v) is 9.74. The van der Waals surface area contributed by atoms with Crippen molar-refractivity contribution in [1.82, 2.24) is 29.6 Å². The number of allylic oxidation sites excluding steroid dienone is 1. The van der Waals surface area contributed by atoms with Gasteiger partial charge in [0.15, 0.2) is 11.6 Å². The first-order valence-electron chi connectivity index (χ1n) is 9.74. The Labute approximate surface area is 174 Å². The Bertz CT molecular complexity index is 1080. The van der Waals surface area contributed by atoms with Crippen molar-refractivity contribution in [3.05, 3.63) is 48.6 Å². The second-order valence-electron chi connectivity index (χ2n) is 7.00. The van der Waals surface area contributed by atoms with Crippen molar-refractivity contribution < 1.29 is 14.3 Å². The highest BCUT2D eigenvalue weighted by Crippen LogP contribution is 2.34. The maximum Gasteiger partial charge on any atom is 0.187 e. The lowest BCUT2D eigenvalue weighted by atomic mass is 10.1. The molecule has 9 heteroatoms. The van der Waals surface area contributed by atoms with Crippen molar-refractivity contribution >= 4 is 5.78 Å². The van der Waals surface area contributed by atoms with Crippen molar-refractivity contribution in [2.45, 2.75) is 26.1 Å². The smallest absolute Gasteiger partial charge is 0.187 e. The summed E-state index contributed by atoms with van der Waals surface area (Å²) in [5.74, 6) is 2.01. The number of rotatable bonds is 7. The molecule has 3 aromatic rings. The summed E-state index contributed by atoms with van der Waals surface area (Å²) in [5.41, 5.74) is 2.13. The van der Waals surface area contributed by atoms with Crippen LogP contribution in [0.1, 0.15) is 17.3 Å². The van der Waals surface area contributed by atoms with Crippen LogP contribution in [0.3, 0.4) is 0 Å². The molecule has 30 heavy (non-hydrogen) atoms. The number of ketones is 1. The summed E-state index contributed by atoms with van der Waals surface area (Å²) in [5, 5.41) is 7.13. The predicted octanol–water partition coefficient (Wildman–Crippen LogP) is 2.15. The molecular weight excluding hydrogens is 384 g/mol. The van der Waals surface area contributed by atoms with Gasteiger partial charge in [-0.05, 0) is 19.1 Å². The Morgan fingerprint density at radius 2 is 2.27 bits per heavy atom. The lowest BCUT2D eigenvalue weighted by molar-refractivity contribution is 0.100. The third kappa shape index (κ3) is 3.84. The Balaban J connectivity index is 1.70. The van der Waals surface area contributed by atoms with E-state index in [9.17, 15) is 4.79 Å². The molecular formula is C21H24N6O3. The molecule has 0 radical (unpaired) electrons. The molecule has 1 N–H and O–H groups in total. The van der Waals surface area contributed by atoms with E-state index in [2.05, 4.69) is 15.4 Å². The molecule has 3 heterocycles. The number of methoxy groups -OCH3 is 1. The number of aromatic nitrogens is 5. The number of carbonyl (C=O) groups is 1. The van der Waals surface area contributed by atoms with Gasteiger partial charge in [-0.2, -0.15) is 5.10 Å². The molecule has 0 bridgehead atoms. The minimum absolute atomic E-state index is 0.00734. The maximum absolute atomic E-state index is 12.3. The third-order valence-electron chi connectivity index (χ3n) is 4.95. The van der Waals surface area contributed by atoms with Crippen LogP contribution in [0.25, 0.3) is 22.9 Å². The van der Waals surface area contributed by atoms with E-state index in [4.69, 9.17) is 14.5 Å². The average Bonchev–Trinajstić information content (AvgIpc) is 3.35. The van der Waals surface area contributed by atoms with Crippen LogP contribution in [0.4, 0.5) is 0 Å². The Kier molecular flexibility index (Phi) is 5.62. The molecule has 9 nitrogen and oxygen atoms in total. The Hall–Kier alpha value is -3.46. The second kappa shape index (κ2) is 8.50. The molecule has 0 fully saturated rings. The van der Waals surface area contributed by atoms with E-state index in [1.165, 1.54) is 12.4 Å². The molecule has 1 aliphatic rings. The van der Waals surface area contributed by atoms with Crippen molar-refractivity contribution in [3.63, 3.8) is 0 Å². The fourth-order valence-corrected chi connectivity index (χ4v) is 3.31. The van der Waals surface area contributed by atoms with E-state index in [1.807, 2.05) is 23.8 Å². The molecule has 0 spiro atoms. The summed E-state index contributed by atoms with van der Waals surface area (Å²) in [4.78, 5) is 21.5. The first kappa shape index (κ1) is 19.8. The zero-order chi connectivity index (χ0) is 21.1. The fourth-order valence-electron chi connectivity index (χ4n) is 3.31. The summed E-state index contributed by atoms with van der Waals surface area (Å²) in [6.07, 6.45) is 6.59. The zero-order valence-electron chi connectivity index (χ0n) is 17.2. The molecule has 1 aliphatic heterocycles. The third-order valence-corrected chi connectivity index (χ3v) is 4.95. The molecule has 1 atom stereocenters. The lowest BCUT2D eigenvalue weighted by Crippen LogP contribution is -2.16. The van der Waals surface area contributed by atoms with Gasteiger partial charge < -0.3 is 19.4 Å². The Morgan fingerprint density at radius 3 is 3.07 bits per heavy atom. The normalized spacial score (nSPS) is 14.0. The predicted molar refractivity (Wildman–Crippen MR) is 111 cm³/mol. The minimum Gasteiger partial charge on any atom is -0.491 e. The van der Waals surface area contributed by atoms with Gasteiger partial charge in [0.05, 0.1) is 24.8 Å². The van der Waals surface area contributed by atoms with Gasteiger partial charge >= 0.3 is 0 Å². The highest BCUT2D eigenvalue weighted by Gasteiger charge is 2.22. The molecule has 4 rings (SSSR count). The fraction of sp³-hybridized carbons (Fsp3) is 0.333. The number of hydrogen-bond donors (Lipinski definition) is 1. The molecule has 1 unspecified atom stereocenters. The molecule has 1 aromatic carbocycles. The molecule has 2 aromatic heterocycles. The van der Waals surface area contributed by atoms with Crippen LogP contribution in [0.2, 0.25) is 0 Å². The van der Waals surface area contributed by atoms with Crippen LogP contribution in [0, 0.1) is 0 Å². The largest absolute Gasteiger partial charge is 0.491 e. The summed E-state index contributed by atoms with van der Waals surface area (Å²) >= 11 is 0. The topological polar surface area (TPSA) is 96.1 Å². The van der Waals surface area contributed by atoms with Crippen LogP contribution in [0.5, 0.6) is 5.75 Å². The molecule has 0 aliphatic carbocycles. The SMILES string of the molecule is CN/C=C/C(=O)c1ccc2c(c1)OCCn1cc(-c3ncnn3CC(C)OC)nc1-2. The van der Waals surface area contributed by atoms with E-state index in [1.54, 1.807) is 37.2 Å². The van der Waals surface area contributed by atoms with E-state index >= 15 is 0 Å². The molecule has 0 saturated carbocycles. The Morgan fingerprint density at radius 1 is 1.40 bits per heavy atom. The second-order valence-corrected chi connectivity index (χ2v) is 7.00. The quantitative estimate of drug-likeness (QED) is 0.473. The molecule has 156 valence electrons. The van der Waals surface area contributed by atoms with Gasteiger partial charge in [-0.3, -0.25) is 4.79 Å². The van der Waals surface area contributed by atoms with E-state index in [0.29, 0.717) is 36.8 Å². The van der Waals surface area contributed by atoms with E-state index in [0.717, 1.165) is 17.1 Å². The van der Waals surface area contributed by atoms with Crippen molar-refractivity contribution in [1.29, 1.82) is 0 Å². The van der Waals surface area contributed by atoms with Crippen LogP contribution in [0.15, 0.2) is 43.0 Å². The average molecular weight is 408 g/mol. The zero-order valence-corrected chi connectivity index (χ0v) is 17.2. The van der Waals surface area contributed by atoms with Crippen LogP contribution in [-0.4, -0.2) is 57.0 Å². The summed E-state index contributed by atoms with van der Waals surface area (Å²) in [6.45, 7) is 3.68. The summed E-state index contributed by atoms with van der Waals surface area (Å²) in [6, 6.07) is 5.43. The number of hydrogen-bond acceptors (Lipinski definition) is 7. The van der Waals surface area contributed by atoms with Gasteiger partial charge in [0.1, 0.15) is 30.2 Å². The number of benzene rings is 1. The highest BCUT2D eigenvalue weighted by atomic mass is 16.5. The summed E-state index contributed by atoms with van der Waals surface area (Å²) < 4.78 is 15.1. The highest BCUT2D eigenvalue weighted by molar-refractivity contribution is 6.05. The van der Waals surface area contributed by atoms with Gasteiger partial charge in [0.25, 0.3) is 0 Å². The number of ether oxygens (including phenoxy) is 2. The number of nitrogens with zero attached hydrogens (tertiary/aromatic N) is 5. The van der Waals surface area contributed by atoms with Crippen molar-refractivity contribution in [2.75, 3.05) is 20.8 Å². The maximum atomic E-state index is 12.3. The van der Waals surface area contributed by atoms with Crippen molar-refractivity contribution in [2.24, 2.45) is 0 Å². The number of imidazole rings is 1. The van der Waals surface area contributed by atoms with Gasteiger partial charge in [0, 0.05) is 38.2 Å². The number of carbonyl (C=O) groups excluding carboxylic acids is 1. The standard InChI is InChI=1S/C21H24N6O3/c1-14(29-3)11-27-21(23-13-24-27)17-12-26-8-9-30-19-10-15(18(28)6-7-22-2)4-5-16(19)20(26)25-17/h4-7,10,12-14,22H,8-9,11H2,1-3H3/b7-6+. The van der Waals surface area contributed by atoms with Crippen LogP contribution >= 0.6 is 0 Å². The first-order chi connectivity index (χ1) is 14.6. The van der Waals surface area contributed by atoms with Crippen molar-refractivity contribution in [3.8, 4) is 28.7 Å². The molecule has 0 amide bonds.